The number of nitrogens with zero attached hydrogens (tertiary/aromatic N) is 1. The van der Waals surface area contributed by atoms with Gasteiger partial charge in [0.2, 0.25) is 0 Å². The highest BCUT2D eigenvalue weighted by Crippen LogP contribution is 2.26. The maximum absolute atomic E-state index is 11.4. The quantitative estimate of drug-likeness (QED) is 0.893. The minimum Gasteiger partial charge on any atom is -0.478 e. The van der Waals surface area contributed by atoms with Crippen molar-refractivity contribution in [2.45, 2.75) is 32.2 Å². The largest absolute Gasteiger partial charge is 0.478 e. The molecule has 6 heteroatoms. The van der Waals surface area contributed by atoms with E-state index < -0.39 is 5.97 Å². The summed E-state index contributed by atoms with van der Waals surface area (Å²) >= 11 is 7.38. The first-order valence-electron chi connectivity index (χ1n) is 6.87. The molecule has 0 aromatic carbocycles. The number of carboxylic acids is 1. The zero-order valence-electron chi connectivity index (χ0n) is 11.4. The molecule has 0 saturated carbocycles. The van der Waals surface area contributed by atoms with Gasteiger partial charge in [-0.2, -0.15) is 0 Å². The van der Waals surface area contributed by atoms with E-state index in [9.17, 15) is 9.90 Å². The summed E-state index contributed by atoms with van der Waals surface area (Å²) in [5.74, 6) is -0.491. The van der Waals surface area contributed by atoms with E-state index in [0.29, 0.717) is 12.4 Å². The lowest BCUT2D eigenvalue weighted by Gasteiger charge is -2.18. The van der Waals surface area contributed by atoms with Crippen LogP contribution in [0.3, 0.4) is 0 Å². The molecule has 2 aromatic heterocycles. The van der Waals surface area contributed by atoms with E-state index in [1.165, 1.54) is 11.3 Å². The highest BCUT2D eigenvalue weighted by molar-refractivity contribution is 7.16. The standard InChI is InChI=1S/C15H15ClN2O2S/c16-13-6-5-10(21-13)8-17-14-11(15(19)20)7-9-3-1-2-4-12(9)18-14/h5-7H,1-4,8H2,(H,17,18)(H,19,20). The normalized spacial score (nSPS) is 13.8. The fourth-order valence-electron chi connectivity index (χ4n) is 2.55. The van der Waals surface area contributed by atoms with Gasteiger partial charge in [-0.3, -0.25) is 0 Å². The number of fused-ring (bicyclic) bond motifs is 1. The Hall–Kier alpha value is -1.59. The molecular formula is C15H15ClN2O2S. The summed E-state index contributed by atoms with van der Waals surface area (Å²) < 4.78 is 0.726. The lowest BCUT2D eigenvalue weighted by atomic mass is 9.95. The van der Waals surface area contributed by atoms with E-state index in [4.69, 9.17) is 11.6 Å². The van der Waals surface area contributed by atoms with Crippen LogP contribution in [0.25, 0.3) is 0 Å². The summed E-state index contributed by atoms with van der Waals surface area (Å²) in [4.78, 5) is 17.0. The molecule has 0 saturated heterocycles. The molecule has 21 heavy (non-hydrogen) atoms. The fraction of sp³-hybridized carbons (Fsp3) is 0.333. The molecule has 110 valence electrons. The van der Waals surface area contributed by atoms with E-state index in [2.05, 4.69) is 10.3 Å². The van der Waals surface area contributed by atoms with E-state index in [1.54, 1.807) is 6.07 Å². The average molecular weight is 323 g/mol. The van der Waals surface area contributed by atoms with Gasteiger partial charge in [-0.05, 0) is 49.4 Å². The van der Waals surface area contributed by atoms with Crippen LogP contribution in [0.1, 0.15) is 39.3 Å². The molecule has 0 amide bonds. The SMILES string of the molecule is O=C(O)c1cc2c(nc1NCc1ccc(Cl)s1)CCCC2. The Morgan fingerprint density at radius 3 is 2.90 bits per heavy atom. The summed E-state index contributed by atoms with van der Waals surface area (Å²) in [5, 5.41) is 12.5. The smallest absolute Gasteiger partial charge is 0.339 e. The fourth-order valence-corrected chi connectivity index (χ4v) is 3.58. The third-order valence-corrected chi connectivity index (χ3v) is 4.82. The van der Waals surface area contributed by atoms with Crippen molar-refractivity contribution < 1.29 is 9.90 Å². The Bertz CT molecular complexity index is 684. The van der Waals surface area contributed by atoms with Crippen molar-refractivity contribution in [3.63, 3.8) is 0 Å². The van der Waals surface area contributed by atoms with Gasteiger partial charge in [0.25, 0.3) is 0 Å². The first kappa shape index (κ1) is 14.4. The topological polar surface area (TPSA) is 62.2 Å². The number of hydrogen-bond donors (Lipinski definition) is 2. The van der Waals surface area contributed by atoms with Gasteiger partial charge in [-0.15, -0.1) is 11.3 Å². The number of halogens is 1. The van der Waals surface area contributed by atoms with Crippen LogP contribution in [-0.2, 0) is 19.4 Å². The highest BCUT2D eigenvalue weighted by Gasteiger charge is 2.18. The summed E-state index contributed by atoms with van der Waals surface area (Å²) in [6.45, 7) is 0.531. The Balaban J connectivity index is 1.87. The van der Waals surface area contributed by atoms with Gasteiger partial charge in [0.05, 0.1) is 10.9 Å². The lowest BCUT2D eigenvalue weighted by molar-refractivity contribution is 0.0697. The molecule has 0 atom stereocenters. The minimum atomic E-state index is -0.942. The molecule has 3 rings (SSSR count). The Morgan fingerprint density at radius 2 is 2.19 bits per heavy atom. The molecular weight excluding hydrogens is 308 g/mol. The van der Waals surface area contributed by atoms with Crippen LogP contribution in [0.5, 0.6) is 0 Å². The first-order valence-corrected chi connectivity index (χ1v) is 8.07. The molecule has 2 heterocycles. The van der Waals surface area contributed by atoms with Crippen LogP contribution in [0, 0.1) is 0 Å². The van der Waals surface area contributed by atoms with Crippen LogP contribution < -0.4 is 5.32 Å². The summed E-state index contributed by atoms with van der Waals surface area (Å²) in [7, 11) is 0. The second kappa shape index (κ2) is 6.03. The Labute approximate surface area is 131 Å². The van der Waals surface area contributed by atoms with Crippen molar-refractivity contribution in [2.24, 2.45) is 0 Å². The number of aromatic nitrogens is 1. The summed E-state index contributed by atoms with van der Waals surface area (Å²) in [5.41, 5.74) is 2.35. The molecule has 2 N–H and O–H groups in total. The number of aromatic carboxylic acids is 1. The van der Waals surface area contributed by atoms with E-state index >= 15 is 0 Å². The number of carboxylic acid groups (broad SMARTS) is 1. The monoisotopic (exact) mass is 322 g/mol. The molecule has 2 aromatic rings. The molecule has 1 aliphatic rings. The number of pyridine rings is 1. The third-order valence-electron chi connectivity index (χ3n) is 3.59. The molecule has 1 aliphatic carbocycles. The Morgan fingerprint density at radius 1 is 1.38 bits per heavy atom. The van der Waals surface area contributed by atoms with Gasteiger partial charge in [0, 0.05) is 10.6 Å². The van der Waals surface area contributed by atoms with Crippen molar-refractivity contribution in [2.75, 3.05) is 5.32 Å². The zero-order chi connectivity index (χ0) is 14.8. The number of carbonyl (C=O) groups is 1. The van der Waals surface area contributed by atoms with E-state index in [0.717, 1.165) is 46.2 Å². The van der Waals surface area contributed by atoms with Crippen molar-refractivity contribution in [3.8, 4) is 0 Å². The van der Waals surface area contributed by atoms with Gasteiger partial charge in [-0.1, -0.05) is 11.6 Å². The minimum absolute atomic E-state index is 0.248. The van der Waals surface area contributed by atoms with E-state index in [1.807, 2.05) is 12.1 Å². The first-order chi connectivity index (χ1) is 10.1. The summed E-state index contributed by atoms with van der Waals surface area (Å²) in [6.07, 6.45) is 4.07. The predicted octanol–water partition coefficient (Wildman–Crippen LogP) is 3.99. The van der Waals surface area contributed by atoms with Crippen molar-refractivity contribution >= 4 is 34.7 Å². The zero-order valence-corrected chi connectivity index (χ0v) is 12.9. The number of hydrogen-bond acceptors (Lipinski definition) is 4. The molecule has 0 bridgehead atoms. The molecule has 4 nitrogen and oxygen atoms in total. The molecule has 0 aliphatic heterocycles. The highest BCUT2D eigenvalue weighted by atomic mass is 35.5. The molecule has 0 fully saturated rings. The van der Waals surface area contributed by atoms with Crippen LogP contribution in [0.4, 0.5) is 5.82 Å². The number of anilines is 1. The van der Waals surface area contributed by atoms with Gasteiger partial charge >= 0.3 is 5.97 Å². The lowest BCUT2D eigenvalue weighted by Crippen LogP contribution is -2.13. The van der Waals surface area contributed by atoms with Crippen LogP contribution in [0.2, 0.25) is 4.34 Å². The average Bonchev–Trinajstić information content (AvgIpc) is 2.89. The van der Waals surface area contributed by atoms with Gasteiger partial charge in [-0.25, -0.2) is 9.78 Å². The second-order valence-corrected chi connectivity index (χ2v) is 6.86. The second-order valence-electron chi connectivity index (χ2n) is 5.06. The van der Waals surface area contributed by atoms with Gasteiger partial charge < -0.3 is 10.4 Å². The van der Waals surface area contributed by atoms with Crippen LogP contribution in [-0.4, -0.2) is 16.1 Å². The number of thiophene rings is 1. The predicted molar refractivity (Wildman–Crippen MR) is 84.5 cm³/mol. The van der Waals surface area contributed by atoms with Crippen molar-refractivity contribution in [1.82, 2.24) is 4.98 Å². The third kappa shape index (κ3) is 3.19. The number of nitrogens with one attached hydrogen (secondary N) is 1. The number of aryl methyl sites for hydroxylation is 2. The molecule has 0 radical (unpaired) electrons. The summed E-state index contributed by atoms with van der Waals surface area (Å²) in [6, 6.07) is 5.54. The molecule has 0 spiro atoms. The van der Waals surface area contributed by atoms with Gasteiger partial charge in [0.15, 0.2) is 0 Å². The maximum atomic E-state index is 11.4. The van der Waals surface area contributed by atoms with Crippen LogP contribution in [0.15, 0.2) is 18.2 Å². The number of rotatable bonds is 4. The van der Waals surface area contributed by atoms with Crippen molar-refractivity contribution in [3.05, 3.63) is 44.2 Å². The van der Waals surface area contributed by atoms with Gasteiger partial charge in [0.1, 0.15) is 11.4 Å². The Kier molecular flexibility index (Phi) is 4.12. The molecule has 0 unspecified atom stereocenters. The van der Waals surface area contributed by atoms with Crippen LogP contribution >= 0.6 is 22.9 Å². The maximum Gasteiger partial charge on any atom is 0.339 e. The van der Waals surface area contributed by atoms with Crippen molar-refractivity contribution in [1.29, 1.82) is 0 Å². The van der Waals surface area contributed by atoms with E-state index in [-0.39, 0.29) is 5.56 Å².